The van der Waals surface area contributed by atoms with E-state index in [1.165, 1.54) is 12.4 Å². The Morgan fingerprint density at radius 2 is 2.06 bits per heavy atom. The number of hydrogen-bond donors (Lipinski definition) is 0. The number of hydrogen-bond acceptors (Lipinski definition) is 5. The van der Waals surface area contributed by atoms with Gasteiger partial charge in [-0.2, -0.15) is 0 Å². The number of nitrogens with zero attached hydrogens (tertiary/aromatic N) is 3. The second-order valence-electron chi connectivity index (χ2n) is 3.78. The molecule has 0 unspecified atom stereocenters. The van der Waals surface area contributed by atoms with Crippen molar-refractivity contribution >= 4 is 12.2 Å². The molecule has 0 saturated heterocycles. The molecule has 1 rings (SSSR count). The number of anilines is 1. The van der Waals surface area contributed by atoms with E-state index in [2.05, 4.69) is 9.97 Å². The molecule has 5 heteroatoms. The molecule has 16 heavy (non-hydrogen) atoms. The van der Waals surface area contributed by atoms with Gasteiger partial charge in [0.25, 0.3) is 0 Å². The van der Waals surface area contributed by atoms with Crippen LogP contribution in [0.2, 0.25) is 0 Å². The molecule has 0 aliphatic heterocycles. The Kier molecular flexibility index (Phi) is 4.85. The highest BCUT2D eigenvalue weighted by Crippen LogP contribution is 2.03. The monoisotopic (exact) mass is 223 g/mol. The van der Waals surface area contributed by atoms with E-state index < -0.39 is 0 Å². The lowest BCUT2D eigenvalue weighted by Crippen LogP contribution is -2.25. The summed E-state index contributed by atoms with van der Waals surface area (Å²) < 4.78 is 5.43. The maximum absolute atomic E-state index is 10.4. The van der Waals surface area contributed by atoms with Crippen molar-refractivity contribution in [2.24, 2.45) is 0 Å². The van der Waals surface area contributed by atoms with Crippen LogP contribution in [-0.4, -0.2) is 42.6 Å². The predicted octanol–water partition coefficient (Wildman–Crippen LogP) is 1.15. The van der Waals surface area contributed by atoms with E-state index in [9.17, 15) is 4.79 Å². The minimum absolute atomic E-state index is 0.228. The summed E-state index contributed by atoms with van der Waals surface area (Å²) in [6, 6.07) is 0. The van der Waals surface area contributed by atoms with E-state index >= 15 is 0 Å². The van der Waals surface area contributed by atoms with E-state index in [-0.39, 0.29) is 6.10 Å². The number of likely N-dealkylation sites (N-methyl/N-ethyl adjacent to an activating group) is 1. The van der Waals surface area contributed by atoms with Gasteiger partial charge in [-0.25, -0.2) is 9.97 Å². The lowest BCUT2D eigenvalue weighted by atomic mass is 10.4. The summed E-state index contributed by atoms with van der Waals surface area (Å²) in [4.78, 5) is 20.5. The number of aldehydes is 1. The molecule has 0 bridgehead atoms. The van der Waals surface area contributed by atoms with Crippen LogP contribution < -0.4 is 4.90 Å². The van der Waals surface area contributed by atoms with Crippen molar-refractivity contribution in [2.75, 3.05) is 25.1 Å². The van der Waals surface area contributed by atoms with Crippen LogP contribution in [0, 0.1) is 0 Å². The van der Waals surface area contributed by atoms with Crippen LogP contribution in [0.4, 0.5) is 5.95 Å². The second-order valence-corrected chi connectivity index (χ2v) is 3.78. The Balaban J connectivity index is 2.46. The fraction of sp³-hybridized carbons (Fsp3) is 0.545. The molecular weight excluding hydrogens is 206 g/mol. The molecule has 0 aliphatic carbocycles. The highest BCUT2D eigenvalue weighted by molar-refractivity contribution is 5.73. The van der Waals surface area contributed by atoms with Crippen molar-refractivity contribution in [3.8, 4) is 0 Å². The lowest BCUT2D eigenvalue weighted by molar-refractivity contribution is 0.0844. The molecule has 0 spiro atoms. The Bertz CT molecular complexity index is 325. The quantitative estimate of drug-likeness (QED) is 0.677. The topological polar surface area (TPSA) is 55.3 Å². The van der Waals surface area contributed by atoms with Gasteiger partial charge in [0.15, 0.2) is 6.29 Å². The molecule has 1 aromatic rings. The van der Waals surface area contributed by atoms with Gasteiger partial charge in [0.2, 0.25) is 5.95 Å². The molecule has 88 valence electrons. The number of ether oxygens (including phenoxy) is 1. The van der Waals surface area contributed by atoms with Crippen LogP contribution >= 0.6 is 0 Å². The van der Waals surface area contributed by atoms with E-state index in [1.54, 1.807) is 0 Å². The zero-order valence-corrected chi connectivity index (χ0v) is 9.88. The molecule has 1 aromatic heterocycles. The zero-order chi connectivity index (χ0) is 12.0. The first-order valence-electron chi connectivity index (χ1n) is 5.23. The van der Waals surface area contributed by atoms with Gasteiger partial charge in [0.1, 0.15) is 0 Å². The molecule has 0 saturated carbocycles. The van der Waals surface area contributed by atoms with E-state index in [4.69, 9.17) is 4.74 Å². The van der Waals surface area contributed by atoms with Gasteiger partial charge in [-0.15, -0.1) is 0 Å². The summed E-state index contributed by atoms with van der Waals surface area (Å²) in [7, 11) is 1.89. The molecule has 0 aliphatic rings. The lowest BCUT2D eigenvalue weighted by Gasteiger charge is -2.17. The van der Waals surface area contributed by atoms with Crippen LogP contribution in [0.1, 0.15) is 24.2 Å². The fourth-order valence-electron chi connectivity index (χ4n) is 1.11. The smallest absolute Gasteiger partial charge is 0.225 e. The molecule has 0 atom stereocenters. The zero-order valence-electron chi connectivity index (χ0n) is 9.88. The van der Waals surface area contributed by atoms with Crippen LogP contribution in [-0.2, 0) is 4.74 Å². The average molecular weight is 223 g/mol. The molecule has 1 heterocycles. The first-order valence-corrected chi connectivity index (χ1v) is 5.23. The molecule has 0 radical (unpaired) electrons. The minimum Gasteiger partial charge on any atom is -0.377 e. The van der Waals surface area contributed by atoms with Crippen molar-refractivity contribution in [1.29, 1.82) is 0 Å². The van der Waals surface area contributed by atoms with Crippen molar-refractivity contribution in [3.05, 3.63) is 18.0 Å². The van der Waals surface area contributed by atoms with Crippen molar-refractivity contribution in [3.63, 3.8) is 0 Å². The third-order valence-electron chi connectivity index (χ3n) is 2.01. The van der Waals surface area contributed by atoms with E-state index in [1.807, 2.05) is 25.8 Å². The number of aromatic nitrogens is 2. The van der Waals surface area contributed by atoms with Crippen LogP contribution in [0.5, 0.6) is 0 Å². The maximum atomic E-state index is 10.4. The van der Waals surface area contributed by atoms with Crippen molar-refractivity contribution in [1.82, 2.24) is 9.97 Å². The number of carbonyl (C=O) groups is 1. The minimum atomic E-state index is 0.228. The van der Waals surface area contributed by atoms with E-state index in [0.29, 0.717) is 18.1 Å². The normalized spacial score (nSPS) is 10.5. The Morgan fingerprint density at radius 3 is 2.56 bits per heavy atom. The molecule has 0 N–H and O–H groups in total. The van der Waals surface area contributed by atoms with Crippen LogP contribution in [0.25, 0.3) is 0 Å². The standard InChI is InChI=1S/C11H17N3O2/c1-9(2)16-5-4-14(3)11-12-6-10(8-15)7-13-11/h6-9H,4-5H2,1-3H3. The third-order valence-corrected chi connectivity index (χ3v) is 2.01. The molecule has 0 amide bonds. The van der Waals surface area contributed by atoms with Gasteiger partial charge in [-0.05, 0) is 13.8 Å². The Labute approximate surface area is 95.5 Å². The SMILES string of the molecule is CC(C)OCCN(C)c1ncc(C=O)cn1. The van der Waals surface area contributed by atoms with Gasteiger partial charge in [0, 0.05) is 26.0 Å². The summed E-state index contributed by atoms with van der Waals surface area (Å²) >= 11 is 0. The van der Waals surface area contributed by atoms with Crippen LogP contribution in [0.15, 0.2) is 12.4 Å². The largest absolute Gasteiger partial charge is 0.377 e. The van der Waals surface area contributed by atoms with Gasteiger partial charge in [0.05, 0.1) is 18.3 Å². The maximum Gasteiger partial charge on any atom is 0.225 e. The van der Waals surface area contributed by atoms with E-state index in [0.717, 1.165) is 12.8 Å². The van der Waals surface area contributed by atoms with Gasteiger partial charge < -0.3 is 9.64 Å². The fourth-order valence-corrected chi connectivity index (χ4v) is 1.11. The van der Waals surface area contributed by atoms with Crippen molar-refractivity contribution in [2.45, 2.75) is 20.0 Å². The first kappa shape index (κ1) is 12.6. The number of carbonyl (C=O) groups excluding carboxylic acids is 1. The first-order chi connectivity index (χ1) is 7.63. The van der Waals surface area contributed by atoms with Gasteiger partial charge in [-0.3, -0.25) is 4.79 Å². The molecular formula is C11H17N3O2. The average Bonchev–Trinajstić information content (AvgIpc) is 2.28. The second kappa shape index (κ2) is 6.17. The number of rotatable bonds is 6. The highest BCUT2D eigenvalue weighted by Gasteiger charge is 2.04. The summed E-state index contributed by atoms with van der Waals surface area (Å²) in [5, 5.41) is 0. The van der Waals surface area contributed by atoms with Gasteiger partial charge in [-0.1, -0.05) is 0 Å². The molecule has 0 fully saturated rings. The summed E-state index contributed by atoms with van der Waals surface area (Å²) in [6.45, 7) is 5.34. The van der Waals surface area contributed by atoms with Crippen LogP contribution in [0.3, 0.4) is 0 Å². The predicted molar refractivity (Wildman–Crippen MR) is 61.8 cm³/mol. The third kappa shape index (κ3) is 3.94. The molecule has 5 nitrogen and oxygen atoms in total. The highest BCUT2D eigenvalue weighted by atomic mass is 16.5. The molecule has 0 aromatic carbocycles. The summed E-state index contributed by atoms with van der Waals surface area (Å²) in [6.07, 6.45) is 3.97. The van der Waals surface area contributed by atoms with Gasteiger partial charge >= 0.3 is 0 Å². The summed E-state index contributed by atoms with van der Waals surface area (Å²) in [5.41, 5.74) is 0.482. The Morgan fingerprint density at radius 1 is 1.44 bits per heavy atom. The summed E-state index contributed by atoms with van der Waals surface area (Å²) in [5.74, 6) is 0.595. The Hall–Kier alpha value is -1.49. The van der Waals surface area contributed by atoms with Crippen molar-refractivity contribution < 1.29 is 9.53 Å².